The van der Waals surface area contributed by atoms with Crippen LogP contribution in [0.2, 0.25) is 0 Å². The van der Waals surface area contributed by atoms with E-state index < -0.39 is 0 Å². The molecule has 1 amide bonds. The number of nitrogens with one attached hydrogen (secondary N) is 1. The summed E-state index contributed by atoms with van der Waals surface area (Å²) in [4.78, 5) is 12.0. The number of pyridine rings is 1. The number of rotatable bonds is 6. The summed E-state index contributed by atoms with van der Waals surface area (Å²) < 4.78 is 7.43. The van der Waals surface area contributed by atoms with Gasteiger partial charge in [0.2, 0.25) is 0 Å². The standard InChI is InChI=1S/C19H22N4O2/c1-13(2)16-8-7-15(10-14(16)3)25-12-19(24)20-11-18-22-21-17-6-4-5-9-23(17)18/h4-10,13H,11-12H2,1-3H3,(H,20,24). The maximum absolute atomic E-state index is 12.0. The van der Waals surface area contributed by atoms with Crippen molar-refractivity contribution >= 4 is 11.6 Å². The van der Waals surface area contributed by atoms with Gasteiger partial charge >= 0.3 is 0 Å². The summed E-state index contributed by atoms with van der Waals surface area (Å²) in [6.45, 7) is 6.64. The zero-order valence-corrected chi connectivity index (χ0v) is 14.7. The molecule has 0 aliphatic heterocycles. The van der Waals surface area contributed by atoms with E-state index in [4.69, 9.17) is 4.74 Å². The lowest BCUT2D eigenvalue weighted by Crippen LogP contribution is -2.29. The van der Waals surface area contributed by atoms with E-state index in [0.717, 1.165) is 5.65 Å². The van der Waals surface area contributed by atoms with E-state index >= 15 is 0 Å². The van der Waals surface area contributed by atoms with Gasteiger partial charge in [0.05, 0.1) is 6.54 Å². The summed E-state index contributed by atoms with van der Waals surface area (Å²) in [7, 11) is 0. The first-order chi connectivity index (χ1) is 12.0. The zero-order valence-electron chi connectivity index (χ0n) is 14.7. The molecule has 25 heavy (non-hydrogen) atoms. The quantitative estimate of drug-likeness (QED) is 0.750. The van der Waals surface area contributed by atoms with Crippen LogP contribution in [0.4, 0.5) is 0 Å². The molecule has 0 atom stereocenters. The van der Waals surface area contributed by atoms with Crippen LogP contribution in [-0.2, 0) is 11.3 Å². The Kier molecular flexibility index (Phi) is 4.97. The first-order valence-corrected chi connectivity index (χ1v) is 8.33. The molecule has 0 bridgehead atoms. The van der Waals surface area contributed by atoms with Crippen molar-refractivity contribution in [3.8, 4) is 5.75 Å². The normalized spacial score (nSPS) is 11.0. The zero-order chi connectivity index (χ0) is 17.8. The van der Waals surface area contributed by atoms with E-state index in [1.54, 1.807) is 0 Å². The minimum absolute atomic E-state index is 0.0306. The van der Waals surface area contributed by atoms with Crippen molar-refractivity contribution in [2.24, 2.45) is 0 Å². The Morgan fingerprint density at radius 2 is 2.08 bits per heavy atom. The molecule has 0 spiro atoms. The summed E-state index contributed by atoms with van der Waals surface area (Å²) >= 11 is 0. The molecular weight excluding hydrogens is 316 g/mol. The molecule has 0 saturated carbocycles. The average molecular weight is 338 g/mol. The molecule has 3 aromatic rings. The number of hydrogen-bond donors (Lipinski definition) is 1. The lowest BCUT2D eigenvalue weighted by molar-refractivity contribution is -0.123. The first-order valence-electron chi connectivity index (χ1n) is 8.33. The fourth-order valence-electron chi connectivity index (χ4n) is 2.77. The second-order valence-electron chi connectivity index (χ2n) is 6.28. The summed E-state index contributed by atoms with van der Waals surface area (Å²) in [5, 5.41) is 10.9. The minimum atomic E-state index is -0.196. The van der Waals surface area contributed by atoms with Gasteiger partial charge in [-0.2, -0.15) is 0 Å². The molecule has 1 N–H and O–H groups in total. The number of aromatic nitrogens is 3. The van der Waals surface area contributed by atoms with Crippen molar-refractivity contribution in [3.05, 3.63) is 59.5 Å². The van der Waals surface area contributed by atoms with Crippen molar-refractivity contribution in [1.82, 2.24) is 19.9 Å². The molecule has 6 heteroatoms. The van der Waals surface area contributed by atoms with Gasteiger partial charge in [0.1, 0.15) is 5.75 Å². The van der Waals surface area contributed by atoms with Crippen molar-refractivity contribution in [1.29, 1.82) is 0 Å². The van der Waals surface area contributed by atoms with E-state index in [0.29, 0.717) is 24.0 Å². The van der Waals surface area contributed by atoms with Crippen LogP contribution >= 0.6 is 0 Å². The highest BCUT2D eigenvalue weighted by molar-refractivity contribution is 5.77. The fourth-order valence-corrected chi connectivity index (χ4v) is 2.77. The van der Waals surface area contributed by atoms with Crippen molar-refractivity contribution in [2.45, 2.75) is 33.2 Å². The third kappa shape index (κ3) is 3.96. The number of benzene rings is 1. The van der Waals surface area contributed by atoms with Crippen LogP contribution in [0.3, 0.4) is 0 Å². The predicted octanol–water partition coefficient (Wildman–Crippen LogP) is 2.86. The number of fused-ring (bicyclic) bond motifs is 1. The van der Waals surface area contributed by atoms with E-state index in [1.165, 1.54) is 11.1 Å². The van der Waals surface area contributed by atoms with Gasteiger partial charge in [0.25, 0.3) is 5.91 Å². The Labute approximate surface area is 146 Å². The Bertz CT molecular complexity index is 886. The van der Waals surface area contributed by atoms with Crippen molar-refractivity contribution < 1.29 is 9.53 Å². The second-order valence-corrected chi connectivity index (χ2v) is 6.28. The topological polar surface area (TPSA) is 68.5 Å². The van der Waals surface area contributed by atoms with Crippen LogP contribution in [-0.4, -0.2) is 27.1 Å². The molecular formula is C19H22N4O2. The molecule has 130 valence electrons. The maximum atomic E-state index is 12.0. The van der Waals surface area contributed by atoms with Gasteiger partial charge in [0.15, 0.2) is 18.1 Å². The van der Waals surface area contributed by atoms with Gasteiger partial charge in [-0.15, -0.1) is 10.2 Å². The Balaban J connectivity index is 1.54. The van der Waals surface area contributed by atoms with Crippen LogP contribution < -0.4 is 10.1 Å². The van der Waals surface area contributed by atoms with Crippen LogP contribution in [0.1, 0.15) is 36.7 Å². The fraction of sp³-hybridized carbons (Fsp3) is 0.316. The molecule has 3 rings (SSSR count). The summed E-state index contributed by atoms with van der Waals surface area (Å²) in [6.07, 6.45) is 1.87. The highest BCUT2D eigenvalue weighted by Gasteiger charge is 2.09. The Morgan fingerprint density at radius 3 is 2.84 bits per heavy atom. The molecule has 1 aromatic carbocycles. The molecule has 0 fully saturated rings. The monoisotopic (exact) mass is 338 g/mol. The minimum Gasteiger partial charge on any atom is -0.484 e. The van der Waals surface area contributed by atoms with Crippen molar-refractivity contribution in [3.63, 3.8) is 0 Å². The van der Waals surface area contributed by atoms with E-state index in [2.05, 4.69) is 42.4 Å². The van der Waals surface area contributed by atoms with E-state index in [1.807, 2.05) is 40.9 Å². The van der Waals surface area contributed by atoms with Crippen LogP contribution in [0.25, 0.3) is 5.65 Å². The molecule has 0 aliphatic rings. The van der Waals surface area contributed by atoms with Gasteiger partial charge < -0.3 is 10.1 Å². The SMILES string of the molecule is Cc1cc(OCC(=O)NCc2nnc3ccccn23)ccc1C(C)C. The molecule has 2 heterocycles. The Morgan fingerprint density at radius 1 is 1.24 bits per heavy atom. The molecule has 0 unspecified atom stereocenters. The third-order valence-corrected chi connectivity index (χ3v) is 4.06. The van der Waals surface area contributed by atoms with Crippen LogP contribution in [0.15, 0.2) is 42.6 Å². The summed E-state index contributed by atoms with van der Waals surface area (Å²) in [5.74, 6) is 1.65. The number of ether oxygens (including phenoxy) is 1. The molecule has 0 radical (unpaired) electrons. The molecule has 6 nitrogen and oxygen atoms in total. The second kappa shape index (κ2) is 7.34. The number of carbonyl (C=O) groups excluding carboxylic acids is 1. The first kappa shape index (κ1) is 17.0. The maximum Gasteiger partial charge on any atom is 0.258 e. The molecule has 0 aliphatic carbocycles. The summed E-state index contributed by atoms with van der Waals surface area (Å²) in [6, 6.07) is 11.6. The largest absolute Gasteiger partial charge is 0.484 e. The van der Waals surface area contributed by atoms with Gasteiger partial charge in [-0.25, -0.2) is 0 Å². The van der Waals surface area contributed by atoms with E-state index in [-0.39, 0.29) is 12.5 Å². The van der Waals surface area contributed by atoms with E-state index in [9.17, 15) is 4.79 Å². The highest BCUT2D eigenvalue weighted by atomic mass is 16.5. The number of aryl methyl sites for hydroxylation is 1. The van der Waals surface area contributed by atoms with Crippen molar-refractivity contribution in [2.75, 3.05) is 6.61 Å². The summed E-state index contributed by atoms with van der Waals surface area (Å²) in [5.41, 5.74) is 3.21. The lowest BCUT2D eigenvalue weighted by Gasteiger charge is -2.12. The van der Waals surface area contributed by atoms with Gasteiger partial charge in [-0.05, 0) is 48.2 Å². The smallest absolute Gasteiger partial charge is 0.258 e. The highest BCUT2D eigenvalue weighted by Crippen LogP contribution is 2.23. The van der Waals surface area contributed by atoms with Crippen LogP contribution in [0, 0.1) is 6.92 Å². The number of amides is 1. The molecule has 2 aromatic heterocycles. The number of nitrogens with zero attached hydrogens (tertiary/aromatic N) is 3. The third-order valence-electron chi connectivity index (χ3n) is 4.06. The van der Waals surface area contributed by atoms with Gasteiger partial charge in [-0.1, -0.05) is 26.0 Å². The lowest BCUT2D eigenvalue weighted by atomic mass is 9.98. The number of hydrogen-bond acceptors (Lipinski definition) is 4. The van der Waals surface area contributed by atoms with Gasteiger partial charge in [-0.3, -0.25) is 9.20 Å². The van der Waals surface area contributed by atoms with Gasteiger partial charge in [0, 0.05) is 6.20 Å². The molecule has 0 saturated heterocycles. The number of carbonyl (C=O) groups is 1. The Hall–Kier alpha value is -2.89. The van der Waals surface area contributed by atoms with Crippen LogP contribution in [0.5, 0.6) is 5.75 Å². The average Bonchev–Trinajstić information content (AvgIpc) is 3.01. The predicted molar refractivity (Wildman–Crippen MR) is 95.6 cm³/mol.